The van der Waals surface area contributed by atoms with Gasteiger partial charge in [0.15, 0.2) is 0 Å². The van der Waals surface area contributed by atoms with E-state index in [-0.39, 0.29) is 6.10 Å². The SMILES string of the molecule is Cc1ccc(C(Cn2ccnc2)OCc2cccc3ccccc23)cc1. The summed E-state index contributed by atoms with van der Waals surface area (Å²) < 4.78 is 8.45. The molecule has 0 saturated heterocycles. The van der Waals surface area contributed by atoms with Gasteiger partial charge in [0.05, 0.1) is 19.5 Å². The van der Waals surface area contributed by atoms with Crippen LogP contribution in [0.3, 0.4) is 0 Å². The zero-order chi connectivity index (χ0) is 17.8. The van der Waals surface area contributed by atoms with Gasteiger partial charge in [-0.2, -0.15) is 0 Å². The van der Waals surface area contributed by atoms with Crippen molar-refractivity contribution < 1.29 is 4.74 Å². The number of ether oxygens (including phenoxy) is 1. The number of benzene rings is 3. The maximum atomic E-state index is 6.39. The number of aromatic nitrogens is 2. The minimum Gasteiger partial charge on any atom is -0.367 e. The van der Waals surface area contributed by atoms with Crippen molar-refractivity contribution in [3.8, 4) is 0 Å². The van der Waals surface area contributed by atoms with E-state index in [0.29, 0.717) is 6.61 Å². The molecule has 1 unspecified atom stereocenters. The van der Waals surface area contributed by atoms with E-state index in [0.717, 1.165) is 6.54 Å². The van der Waals surface area contributed by atoms with E-state index in [1.165, 1.54) is 27.5 Å². The standard InChI is InChI=1S/C23H22N2O/c1-18-9-11-20(12-10-18)23(15-25-14-13-24-17-25)26-16-21-7-4-6-19-5-2-3-8-22(19)21/h2-14,17,23H,15-16H2,1H3. The van der Waals surface area contributed by atoms with Crippen molar-refractivity contribution >= 4 is 10.8 Å². The molecule has 0 spiro atoms. The summed E-state index contributed by atoms with van der Waals surface area (Å²) in [5, 5.41) is 2.50. The van der Waals surface area contributed by atoms with Crippen molar-refractivity contribution in [2.45, 2.75) is 26.2 Å². The van der Waals surface area contributed by atoms with Crippen LogP contribution in [0.2, 0.25) is 0 Å². The number of rotatable bonds is 6. The Morgan fingerprint density at radius 1 is 0.962 bits per heavy atom. The molecule has 0 bridgehead atoms. The van der Waals surface area contributed by atoms with Crippen LogP contribution in [0.5, 0.6) is 0 Å². The fourth-order valence-corrected chi connectivity index (χ4v) is 3.23. The zero-order valence-corrected chi connectivity index (χ0v) is 14.9. The highest BCUT2D eigenvalue weighted by molar-refractivity contribution is 5.85. The summed E-state index contributed by atoms with van der Waals surface area (Å²) >= 11 is 0. The Kier molecular flexibility index (Phi) is 4.80. The first kappa shape index (κ1) is 16.6. The maximum absolute atomic E-state index is 6.39. The van der Waals surface area contributed by atoms with Crippen LogP contribution in [-0.4, -0.2) is 9.55 Å². The molecule has 3 nitrogen and oxygen atoms in total. The van der Waals surface area contributed by atoms with E-state index in [9.17, 15) is 0 Å². The van der Waals surface area contributed by atoms with Gasteiger partial charge in [-0.3, -0.25) is 0 Å². The third-order valence-corrected chi connectivity index (χ3v) is 4.70. The van der Waals surface area contributed by atoms with Crippen LogP contribution in [0.1, 0.15) is 22.8 Å². The Labute approximate surface area is 153 Å². The zero-order valence-electron chi connectivity index (χ0n) is 14.9. The molecule has 4 aromatic rings. The molecule has 26 heavy (non-hydrogen) atoms. The Morgan fingerprint density at radius 3 is 2.58 bits per heavy atom. The minimum absolute atomic E-state index is 0.0243. The van der Waals surface area contributed by atoms with Gasteiger partial charge in [-0.25, -0.2) is 4.98 Å². The molecule has 1 aromatic heterocycles. The lowest BCUT2D eigenvalue weighted by atomic mass is 10.0. The van der Waals surface area contributed by atoms with Gasteiger partial charge in [0.25, 0.3) is 0 Å². The molecule has 4 rings (SSSR count). The third-order valence-electron chi connectivity index (χ3n) is 4.70. The number of nitrogens with zero attached hydrogens (tertiary/aromatic N) is 2. The Morgan fingerprint density at radius 2 is 1.77 bits per heavy atom. The predicted octanol–water partition coefficient (Wildman–Crippen LogP) is 5.30. The van der Waals surface area contributed by atoms with Gasteiger partial charge in [-0.05, 0) is 28.8 Å². The molecule has 0 fully saturated rings. The summed E-state index contributed by atoms with van der Waals surface area (Å²) in [5.74, 6) is 0. The lowest BCUT2D eigenvalue weighted by molar-refractivity contribution is 0.0285. The summed E-state index contributed by atoms with van der Waals surface area (Å²) in [7, 11) is 0. The van der Waals surface area contributed by atoms with Crippen molar-refractivity contribution in [2.75, 3.05) is 0 Å². The van der Waals surface area contributed by atoms with E-state index in [2.05, 4.69) is 83.2 Å². The Bertz CT molecular complexity index is 969. The molecule has 0 aliphatic carbocycles. The van der Waals surface area contributed by atoms with Crippen molar-refractivity contribution in [3.63, 3.8) is 0 Å². The minimum atomic E-state index is -0.0243. The maximum Gasteiger partial charge on any atom is 0.101 e. The number of aryl methyl sites for hydroxylation is 1. The predicted molar refractivity (Wildman–Crippen MR) is 105 cm³/mol. The molecular weight excluding hydrogens is 320 g/mol. The van der Waals surface area contributed by atoms with Crippen LogP contribution in [0.4, 0.5) is 0 Å². The first-order chi connectivity index (χ1) is 12.8. The van der Waals surface area contributed by atoms with E-state index < -0.39 is 0 Å². The summed E-state index contributed by atoms with van der Waals surface area (Å²) in [5.41, 5.74) is 3.65. The lowest BCUT2D eigenvalue weighted by Crippen LogP contribution is -2.12. The quantitative estimate of drug-likeness (QED) is 0.475. The van der Waals surface area contributed by atoms with Crippen molar-refractivity contribution in [3.05, 3.63) is 102 Å². The number of hydrogen-bond donors (Lipinski definition) is 0. The molecule has 1 heterocycles. The van der Waals surface area contributed by atoms with Crippen LogP contribution in [0.15, 0.2) is 85.5 Å². The molecular formula is C23H22N2O. The topological polar surface area (TPSA) is 27.1 Å². The summed E-state index contributed by atoms with van der Waals surface area (Å²) in [6, 6.07) is 23.4. The fourth-order valence-electron chi connectivity index (χ4n) is 3.23. The smallest absolute Gasteiger partial charge is 0.101 e. The van der Waals surface area contributed by atoms with Gasteiger partial charge in [-0.1, -0.05) is 72.3 Å². The van der Waals surface area contributed by atoms with Crippen molar-refractivity contribution in [1.29, 1.82) is 0 Å². The lowest BCUT2D eigenvalue weighted by Gasteiger charge is -2.20. The average molecular weight is 342 g/mol. The third kappa shape index (κ3) is 3.68. The molecule has 0 aliphatic heterocycles. The van der Waals surface area contributed by atoms with Gasteiger partial charge in [0.1, 0.15) is 6.10 Å². The Hall–Kier alpha value is -2.91. The van der Waals surface area contributed by atoms with Crippen LogP contribution >= 0.6 is 0 Å². The first-order valence-corrected chi connectivity index (χ1v) is 8.90. The van der Waals surface area contributed by atoms with Crippen LogP contribution < -0.4 is 0 Å². The number of imidazole rings is 1. The van der Waals surface area contributed by atoms with Crippen LogP contribution in [-0.2, 0) is 17.9 Å². The molecule has 3 heteroatoms. The highest BCUT2D eigenvalue weighted by Crippen LogP contribution is 2.25. The fraction of sp³-hybridized carbons (Fsp3) is 0.174. The second-order valence-electron chi connectivity index (χ2n) is 6.61. The normalized spacial score (nSPS) is 12.3. The number of hydrogen-bond acceptors (Lipinski definition) is 2. The van der Waals surface area contributed by atoms with Gasteiger partial charge in [-0.15, -0.1) is 0 Å². The van der Waals surface area contributed by atoms with Gasteiger partial charge >= 0.3 is 0 Å². The van der Waals surface area contributed by atoms with E-state index in [4.69, 9.17) is 4.74 Å². The monoisotopic (exact) mass is 342 g/mol. The summed E-state index contributed by atoms with van der Waals surface area (Å²) in [6.45, 7) is 3.42. The molecule has 3 aromatic carbocycles. The highest BCUT2D eigenvalue weighted by atomic mass is 16.5. The molecule has 0 N–H and O–H groups in total. The molecule has 0 saturated carbocycles. The van der Waals surface area contributed by atoms with E-state index in [1.54, 1.807) is 6.20 Å². The molecule has 0 amide bonds. The molecule has 0 aliphatic rings. The van der Waals surface area contributed by atoms with Gasteiger partial charge in [0.2, 0.25) is 0 Å². The van der Waals surface area contributed by atoms with Gasteiger partial charge in [0, 0.05) is 12.4 Å². The molecule has 1 atom stereocenters. The summed E-state index contributed by atoms with van der Waals surface area (Å²) in [4.78, 5) is 4.15. The first-order valence-electron chi connectivity index (χ1n) is 8.90. The van der Waals surface area contributed by atoms with E-state index >= 15 is 0 Å². The van der Waals surface area contributed by atoms with E-state index in [1.807, 2.05) is 12.5 Å². The van der Waals surface area contributed by atoms with Gasteiger partial charge < -0.3 is 9.30 Å². The number of fused-ring (bicyclic) bond motifs is 1. The summed E-state index contributed by atoms with van der Waals surface area (Å²) in [6.07, 6.45) is 5.59. The largest absolute Gasteiger partial charge is 0.367 e. The molecule has 130 valence electrons. The van der Waals surface area contributed by atoms with Crippen molar-refractivity contribution in [2.24, 2.45) is 0 Å². The van der Waals surface area contributed by atoms with Crippen LogP contribution in [0, 0.1) is 6.92 Å². The second kappa shape index (κ2) is 7.54. The Balaban J connectivity index is 1.58. The highest BCUT2D eigenvalue weighted by Gasteiger charge is 2.14. The van der Waals surface area contributed by atoms with Crippen molar-refractivity contribution in [1.82, 2.24) is 9.55 Å². The average Bonchev–Trinajstić information content (AvgIpc) is 3.19. The van der Waals surface area contributed by atoms with Crippen LogP contribution in [0.25, 0.3) is 10.8 Å². The second-order valence-corrected chi connectivity index (χ2v) is 6.61. The molecule has 0 radical (unpaired) electrons.